The molecule has 0 atom stereocenters. The van der Waals surface area contributed by atoms with E-state index in [9.17, 15) is 0 Å². The Hall–Kier alpha value is -1.56. The van der Waals surface area contributed by atoms with Crippen molar-refractivity contribution >= 4 is 0 Å². The molecule has 4 aliphatic rings. The van der Waals surface area contributed by atoms with E-state index in [1.54, 1.807) is 11.1 Å². The molecule has 4 aliphatic carbocycles. The summed E-state index contributed by atoms with van der Waals surface area (Å²) in [6, 6.07) is 16.5. The maximum Gasteiger partial charge on any atom is -0.0216 e. The molecule has 0 amide bonds. The highest BCUT2D eigenvalue weighted by Crippen LogP contribution is 2.24. The second kappa shape index (κ2) is 6.47. The number of hydrogen-bond acceptors (Lipinski definition) is 0. The first-order valence-corrected chi connectivity index (χ1v) is 8.42. The van der Waals surface area contributed by atoms with E-state index in [2.05, 4.69) is 56.3 Å². The van der Waals surface area contributed by atoms with Crippen molar-refractivity contribution in [1.82, 2.24) is 0 Å². The molecule has 0 unspecified atom stereocenters. The van der Waals surface area contributed by atoms with Crippen LogP contribution >= 0.6 is 0 Å². The molecule has 0 spiro atoms. The number of rotatable bonds is 1. The zero-order valence-electron chi connectivity index (χ0n) is 13.4. The molecule has 0 aliphatic heterocycles. The summed E-state index contributed by atoms with van der Waals surface area (Å²) in [5, 5.41) is 0. The van der Waals surface area contributed by atoms with Gasteiger partial charge in [0.1, 0.15) is 0 Å². The van der Waals surface area contributed by atoms with Gasteiger partial charge in [0.25, 0.3) is 0 Å². The first-order chi connectivity index (χ1) is 10.2. The maximum absolute atomic E-state index is 2.47. The van der Waals surface area contributed by atoms with Crippen molar-refractivity contribution in [3.63, 3.8) is 0 Å². The molecular weight excluding hydrogens is 252 g/mol. The molecule has 0 aromatic heterocycles. The Balaban J connectivity index is 1.89. The standard InChI is InChI=1S/C21H26/c1-16(2)21-15-19-7-3-5-17-9-11-18(12-10-17)6-4-8-20(21)14-13-19/h9-16H,3-8H2,1-2H3. The molecule has 6 rings (SSSR count). The van der Waals surface area contributed by atoms with Crippen LogP contribution in [0.5, 0.6) is 0 Å². The molecule has 0 radical (unpaired) electrons. The monoisotopic (exact) mass is 278 g/mol. The number of aryl methyl sites for hydroxylation is 4. The molecular formula is C21H26. The van der Waals surface area contributed by atoms with Gasteiger partial charge in [0, 0.05) is 0 Å². The van der Waals surface area contributed by atoms with Gasteiger partial charge in [-0.2, -0.15) is 0 Å². The minimum Gasteiger partial charge on any atom is -0.0588 e. The summed E-state index contributed by atoms with van der Waals surface area (Å²) in [7, 11) is 0. The van der Waals surface area contributed by atoms with Gasteiger partial charge in [0.05, 0.1) is 0 Å². The highest BCUT2D eigenvalue weighted by molar-refractivity contribution is 5.35. The van der Waals surface area contributed by atoms with Crippen LogP contribution in [0.15, 0.2) is 42.5 Å². The quantitative estimate of drug-likeness (QED) is 0.648. The van der Waals surface area contributed by atoms with Crippen LogP contribution in [0.2, 0.25) is 0 Å². The van der Waals surface area contributed by atoms with Crippen LogP contribution < -0.4 is 0 Å². The largest absolute Gasteiger partial charge is 0.0588 e. The highest BCUT2D eigenvalue weighted by atomic mass is 14.1. The molecule has 0 N–H and O–H groups in total. The molecule has 0 saturated carbocycles. The Bertz CT molecular complexity index is 590. The molecule has 2 aromatic carbocycles. The minimum absolute atomic E-state index is 0.631. The van der Waals surface area contributed by atoms with Crippen LogP contribution in [0.3, 0.4) is 0 Å². The lowest BCUT2D eigenvalue weighted by Crippen LogP contribution is -2.01. The van der Waals surface area contributed by atoms with Crippen LogP contribution in [0.25, 0.3) is 0 Å². The smallest absolute Gasteiger partial charge is 0.0216 e. The molecule has 21 heavy (non-hydrogen) atoms. The van der Waals surface area contributed by atoms with E-state index in [0.717, 1.165) is 0 Å². The zero-order valence-corrected chi connectivity index (χ0v) is 13.4. The SMILES string of the molecule is CC(C)c1cc2ccc1CCCc1ccc(cc1)CCC2. The van der Waals surface area contributed by atoms with Crippen molar-refractivity contribution in [3.8, 4) is 0 Å². The predicted molar refractivity (Wildman–Crippen MR) is 91.0 cm³/mol. The van der Waals surface area contributed by atoms with Gasteiger partial charge in [-0.05, 0) is 72.3 Å². The molecule has 4 bridgehead atoms. The van der Waals surface area contributed by atoms with E-state index in [-0.39, 0.29) is 0 Å². The second-order valence-electron chi connectivity index (χ2n) is 6.71. The van der Waals surface area contributed by atoms with Gasteiger partial charge in [-0.3, -0.25) is 0 Å². The Labute approximate surface area is 129 Å². The van der Waals surface area contributed by atoms with Crippen molar-refractivity contribution in [2.75, 3.05) is 0 Å². The first-order valence-electron chi connectivity index (χ1n) is 8.42. The summed E-state index contributed by atoms with van der Waals surface area (Å²) in [6.45, 7) is 4.65. The van der Waals surface area contributed by atoms with E-state index in [1.807, 2.05) is 0 Å². The third kappa shape index (κ3) is 3.56. The Morgan fingerprint density at radius 2 is 1.19 bits per heavy atom. The average molecular weight is 278 g/mol. The van der Waals surface area contributed by atoms with Crippen LogP contribution in [-0.2, 0) is 25.7 Å². The fraction of sp³-hybridized carbons (Fsp3) is 0.429. The fourth-order valence-corrected chi connectivity index (χ4v) is 3.42. The highest BCUT2D eigenvalue weighted by Gasteiger charge is 2.09. The van der Waals surface area contributed by atoms with Gasteiger partial charge in [-0.25, -0.2) is 0 Å². The van der Waals surface area contributed by atoms with E-state index >= 15 is 0 Å². The van der Waals surface area contributed by atoms with Crippen LogP contribution in [0, 0.1) is 0 Å². The van der Waals surface area contributed by atoms with Gasteiger partial charge >= 0.3 is 0 Å². The summed E-state index contributed by atoms with van der Waals surface area (Å²) in [5.74, 6) is 0.631. The summed E-state index contributed by atoms with van der Waals surface area (Å²) in [5.41, 5.74) is 7.60. The molecule has 2 aromatic rings. The number of hydrogen-bond donors (Lipinski definition) is 0. The third-order valence-electron chi connectivity index (χ3n) is 4.70. The van der Waals surface area contributed by atoms with E-state index in [0.29, 0.717) is 5.92 Å². The Morgan fingerprint density at radius 1 is 0.667 bits per heavy atom. The van der Waals surface area contributed by atoms with Crippen molar-refractivity contribution in [2.24, 2.45) is 0 Å². The zero-order chi connectivity index (χ0) is 14.7. The van der Waals surface area contributed by atoms with Gasteiger partial charge < -0.3 is 0 Å². The van der Waals surface area contributed by atoms with E-state index < -0.39 is 0 Å². The fourth-order valence-electron chi connectivity index (χ4n) is 3.42. The number of benzene rings is 2. The van der Waals surface area contributed by atoms with E-state index in [4.69, 9.17) is 0 Å². The van der Waals surface area contributed by atoms with Crippen LogP contribution in [-0.4, -0.2) is 0 Å². The summed E-state index contributed by atoms with van der Waals surface area (Å²) in [6.07, 6.45) is 7.28. The van der Waals surface area contributed by atoms with Crippen molar-refractivity contribution in [1.29, 1.82) is 0 Å². The predicted octanol–water partition coefficient (Wildman–Crippen LogP) is 5.47. The van der Waals surface area contributed by atoms with E-state index in [1.165, 1.54) is 55.2 Å². The van der Waals surface area contributed by atoms with Gasteiger partial charge in [-0.15, -0.1) is 0 Å². The molecule has 0 heteroatoms. The molecule has 110 valence electrons. The minimum atomic E-state index is 0.631. The average Bonchev–Trinajstić information content (AvgIpc) is 2.50. The Kier molecular flexibility index (Phi) is 4.43. The molecule has 0 fully saturated rings. The van der Waals surface area contributed by atoms with Crippen LogP contribution in [0.4, 0.5) is 0 Å². The summed E-state index contributed by atoms with van der Waals surface area (Å²) in [4.78, 5) is 0. The lowest BCUT2D eigenvalue weighted by Gasteiger charge is -2.16. The summed E-state index contributed by atoms with van der Waals surface area (Å²) < 4.78 is 0. The lowest BCUT2D eigenvalue weighted by molar-refractivity contribution is 0.769. The first kappa shape index (κ1) is 14.4. The molecule has 0 saturated heterocycles. The van der Waals surface area contributed by atoms with Gasteiger partial charge in [0.2, 0.25) is 0 Å². The maximum atomic E-state index is 2.47. The van der Waals surface area contributed by atoms with Crippen LogP contribution in [0.1, 0.15) is 60.4 Å². The topological polar surface area (TPSA) is 0 Å². The molecule has 0 heterocycles. The Morgan fingerprint density at radius 3 is 1.81 bits per heavy atom. The lowest BCUT2D eigenvalue weighted by atomic mass is 9.90. The van der Waals surface area contributed by atoms with Crippen molar-refractivity contribution < 1.29 is 0 Å². The third-order valence-corrected chi connectivity index (χ3v) is 4.70. The van der Waals surface area contributed by atoms with Gasteiger partial charge in [-0.1, -0.05) is 56.3 Å². The normalized spacial score (nSPS) is 15.4. The molecule has 0 nitrogen and oxygen atoms in total. The van der Waals surface area contributed by atoms with Gasteiger partial charge in [0.15, 0.2) is 0 Å². The summed E-state index contributed by atoms with van der Waals surface area (Å²) >= 11 is 0. The second-order valence-corrected chi connectivity index (χ2v) is 6.71. The van der Waals surface area contributed by atoms with Crippen molar-refractivity contribution in [3.05, 3.63) is 70.3 Å². The van der Waals surface area contributed by atoms with Crippen molar-refractivity contribution in [2.45, 2.75) is 58.3 Å².